The molecule has 5 rings (SSSR count). The van der Waals surface area contributed by atoms with Crippen molar-refractivity contribution < 1.29 is 4.74 Å². The fraction of sp³-hybridized carbons (Fsp3) is 0.615. The minimum absolute atomic E-state index is 0.147. The second kappa shape index (κ2) is 5.07. The van der Waals surface area contributed by atoms with Crippen molar-refractivity contribution in [2.45, 2.75) is 18.4 Å². The molecule has 1 N–H and O–H groups in total. The fourth-order valence-corrected chi connectivity index (χ4v) is 3.80. The summed E-state index contributed by atoms with van der Waals surface area (Å²) in [5, 5.41) is 3.39. The van der Waals surface area contributed by atoms with Crippen molar-refractivity contribution in [3.05, 3.63) is 16.0 Å². The zero-order valence-corrected chi connectivity index (χ0v) is 13.7. The number of ether oxygens (including phenoxy) is 1. The zero-order chi connectivity index (χ0) is 14.4. The van der Waals surface area contributed by atoms with E-state index in [9.17, 15) is 0 Å². The van der Waals surface area contributed by atoms with Crippen LogP contribution in [0.1, 0.15) is 12.8 Å². The van der Waals surface area contributed by atoms with Gasteiger partial charge < -0.3 is 4.74 Å². The van der Waals surface area contributed by atoms with Crippen molar-refractivity contribution in [3.63, 3.8) is 0 Å². The molecule has 4 aliphatic rings. The second-order valence-corrected chi connectivity index (χ2v) is 6.91. The van der Waals surface area contributed by atoms with Crippen LogP contribution in [0.3, 0.4) is 0 Å². The van der Waals surface area contributed by atoms with Gasteiger partial charge in [-0.1, -0.05) is 11.6 Å². The Bertz CT molecular complexity index is 604. The van der Waals surface area contributed by atoms with Crippen molar-refractivity contribution >= 4 is 39.4 Å². The summed E-state index contributed by atoms with van der Waals surface area (Å²) in [6.45, 7) is 4.06. The van der Waals surface area contributed by atoms with Crippen LogP contribution in [0.4, 0.5) is 5.82 Å². The standard InChI is InChI=1S/C13H15BrClN5O/c14-10-11(15)18-9(5-16-10)19-12-17-6-13(21-12)7-20-3-1-8(13)2-4-20/h5,8H,1-4,6-7H2,(H,17,18,19)/t13-/m0/s1. The quantitative estimate of drug-likeness (QED) is 0.818. The summed E-state index contributed by atoms with van der Waals surface area (Å²) < 4.78 is 6.70. The van der Waals surface area contributed by atoms with E-state index in [2.05, 4.69) is 41.1 Å². The van der Waals surface area contributed by atoms with Crippen LogP contribution in [0.2, 0.25) is 5.15 Å². The molecule has 0 aromatic carbocycles. The maximum atomic E-state index is 6.17. The summed E-state index contributed by atoms with van der Waals surface area (Å²) in [5.74, 6) is 1.14. The van der Waals surface area contributed by atoms with Gasteiger partial charge in [0.05, 0.1) is 12.7 Å². The average molecular weight is 373 g/mol. The highest BCUT2D eigenvalue weighted by Gasteiger charge is 2.51. The number of amidine groups is 1. The molecule has 0 unspecified atom stereocenters. The van der Waals surface area contributed by atoms with Gasteiger partial charge >= 0.3 is 0 Å². The number of anilines is 1. The van der Waals surface area contributed by atoms with Gasteiger partial charge in [0.2, 0.25) is 0 Å². The summed E-state index contributed by atoms with van der Waals surface area (Å²) in [6.07, 6.45) is 4.00. The van der Waals surface area contributed by atoms with Crippen LogP contribution < -0.4 is 5.32 Å². The minimum Gasteiger partial charge on any atom is -0.455 e. The molecule has 3 fully saturated rings. The second-order valence-electron chi connectivity index (χ2n) is 5.80. The lowest BCUT2D eigenvalue weighted by Crippen LogP contribution is -2.61. The molecule has 1 aromatic rings. The molecule has 1 atom stereocenters. The summed E-state index contributed by atoms with van der Waals surface area (Å²) >= 11 is 9.17. The first-order valence-electron chi connectivity index (χ1n) is 7.05. The third-order valence-corrected chi connectivity index (χ3v) is 5.61. The first-order chi connectivity index (χ1) is 10.1. The zero-order valence-electron chi connectivity index (χ0n) is 11.4. The van der Waals surface area contributed by atoms with Crippen LogP contribution in [0.15, 0.2) is 15.8 Å². The van der Waals surface area contributed by atoms with Crippen LogP contribution in [0.25, 0.3) is 0 Å². The molecular weight excluding hydrogens is 358 g/mol. The third-order valence-electron chi connectivity index (χ3n) is 4.54. The number of aliphatic imine (C=N–C) groups is 1. The molecule has 1 spiro atoms. The van der Waals surface area contributed by atoms with Gasteiger partial charge in [-0.15, -0.1) is 0 Å². The molecule has 3 saturated heterocycles. The normalized spacial score (nSPS) is 33.9. The Morgan fingerprint density at radius 2 is 2.24 bits per heavy atom. The van der Waals surface area contributed by atoms with Gasteiger partial charge in [0.15, 0.2) is 11.0 Å². The Hall–Kier alpha value is -0.920. The Balaban J connectivity index is 1.47. The molecule has 0 amide bonds. The Morgan fingerprint density at radius 3 is 2.90 bits per heavy atom. The highest BCUT2D eigenvalue weighted by atomic mass is 79.9. The lowest BCUT2D eigenvalue weighted by molar-refractivity contribution is -0.0829. The van der Waals surface area contributed by atoms with E-state index in [1.54, 1.807) is 6.20 Å². The van der Waals surface area contributed by atoms with Gasteiger partial charge in [0, 0.05) is 12.5 Å². The highest BCUT2D eigenvalue weighted by molar-refractivity contribution is 9.10. The maximum Gasteiger partial charge on any atom is 0.291 e. The summed E-state index contributed by atoms with van der Waals surface area (Å²) in [6, 6.07) is 0.524. The Labute approximate surface area is 136 Å². The number of aromatic nitrogens is 2. The van der Waals surface area contributed by atoms with Gasteiger partial charge in [-0.25, -0.2) is 15.0 Å². The smallest absolute Gasteiger partial charge is 0.291 e. The third kappa shape index (κ3) is 2.41. The van der Waals surface area contributed by atoms with E-state index in [-0.39, 0.29) is 5.60 Å². The number of piperidine rings is 3. The molecule has 112 valence electrons. The maximum absolute atomic E-state index is 6.17. The van der Waals surface area contributed by atoms with Crippen molar-refractivity contribution in [2.24, 2.45) is 10.9 Å². The number of nitrogens with one attached hydrogen (secondary N) is 1. The molecule has 8 heteroatoms. The van der Waals surface area contributed by atoms with Gasteiger partial charge in [0.1, 0.15) is 10.2 Å². The van der Waals surface area contributed by atoms with Crippen molar-refractivity contribution in [1.82, 2.24) is 14.9 Å². The van der Waals surface area contributed by atoms with Crippen LogP contribution in [0.5, 0.6) is 0 Å². The van der Waals surface area contributed by atoms with Crippen molar-refractivity contribution in [2.75, 3.05) is 31.5 Å². The number of rotatable bonds is 1. The Morgan fingerprint density at radius 1 is 1.43 bits per heavy atom. The molecule has 0 saturated carbocycles. The van der Waals surface area contributed by atoms with E-state index < -0.39 is 0 Å². The van der Waals surface area contributed by atoms with Gasteiger partial charge in [-0.05, 0) is 41.9 Å². The number of halogens is 2. The van der Waals surface area contributed by atoms with E-state index in [1.807, 2.05) is 0 Å². The fourth-order valence-electron chi connectivity index (χ4n) is 3.47. The summed E-state index contributed by atoms with van der Waals surface area (Å²) in [7, 11) is 0. The average Bonchev–Trinajstić information content (AvgIpc) is 2.87. The predicted octanol–water partition coefficient (Wildman–Crippen LogP) is 2.16. The van der Waals surface area contributed by atoms with E-state index in [0.29, 0.717) is 34.1 Å². The predicted molar refractivity (Wildman–Crippen MR) is 83.6 cm³/mol. The van der Waals surface area contributed by atoms with Gasteiger partial charge in [-0.3, -0.25) is 10.2 Å². The molecule has 0 radical (unpaired) electrons. The van der Waals surface area contributed by atoms with Crippen LogP contribution in [-0.4, -0.2) is 52.7 Å². The summed E-state index contributed by atoms with van der Waals surface area (Å²) in [4.78, 5) is 15.3. The first kappa shape index (κ1) is 13.7. The number of nitrogens with zero attached hydrogens (tertiary/aromatic N) is 4. The van der Waals surface area contributed by atoms with E-state index in [4.69, 9.17) is 16.3 Å². The molecule has 1 aromatic heterocycles. The Kier molecular flexibility index (Phi) is 3.31. The molecule has 6 nitrogen and oxygen atoms in total. The molecule has 21 heavy (non-hydrogen) atoms. The van der Waals surface area contributed by atoms with Gasteiger partial charge in [0.25, 0.3) is 6.02 Å². The molecule has 5 heterocycles. The summed E-state index contributed by atoms with van der Waals surface area (Å²) in [5.41, 5.74) is -0.147. The van der Waals surface area contributed by atoms with Crippen LogP contribution >= 0.6 is 27.5 Å². The topological polar surface area (TPSA) is 62.6 Å². The van der Waals surface area contributed by atoms with Crippen molar-refractivity contribution in [1.29, 1.82) is 0 Å². The van der Waals surface area contributed by atoms with Crippen LogP contribution in [-0.2, 0) is 4.74 Å². The lowest BCUT2D eigenvalue weighted by atomic mass is 9.75. The van der Waals surface area contributed by atoms with Gasteiger partial charge in [-0.2, -0.15) is 0 Å². The van der Waals surface area contributed by atoms with E-state index in [1.165, 1.54) is 25.9 Å². The lowest BCUT2D eigenvalue weighted by Gasteiger charge is -2.50. The van der Waals surface area contributed by atoms with E-state index >= 15 is 0 Å². The minimum atomic E-state index is -0.147. The molecule has 4 aliphatic heterocycles. The largest absolute Gasteiger partial charge is 0.455 e. The SMILES string of the molecule is Clc1nc(NC2=NC[C@@]3(CN4CCC3CC4)O2)cnc1Br. The highest BCUT2D eigenvalue weighted by Crippen LogP contribution is 2.40. The molecular formula is C13H15BrClN5O. The number of hydrogen-bond acceptors (Lipinski definition) is 6. The van der Waals surface area contributed by atoms with Crippen molar-refractivity contribution in [3.8, 4) is 0 Å². The first-order valence-corrected chi connectivity index (χ1v) is 8.23. The number of hydrogen-bond donors (Lipinski definition) is 1. The van der Waals surface area contributed by atoms with Crippen LogP contribution in [0, 0.1) is 5.92 Å². The molecule has 0 aliphatic carbocycles. The number of fused-ring (bicyclic) bond motifs is 2. The monoisotopic (exact) mass is 371 g/mol. The molecule has 2 bridgehead atoms. The van der Waals surface area contributed by atoms with E-state index in [0.717, 1.165) is 6.54 Å².